The third-order valence-electron chi connectivity index (χ3n) is 1.26. The minimum Gasteiger partial charge on any atom is -0.811 e. The van der Waals surface area contributed by atoms with Crippen molar-refractivity contribution in [1.29, 1.82) is 0 Å². The number of rotatable bonds is 2. The molecule has 0 aliphatic rings. The molecule has 0 atom stereocenters. The van der Waals surface area contributed by atoms with Crippen molar-refractivity contribution in [3.63, 3.8) is 0 Å². The molecule has 88 valence electrons. The molecule has 0 radical (unpaired) electrons. The van der Waals surface area contributed by atoms with Gasteiger partial charge in [-0.15, -0.1) is 0 Å². The minimum atomic E-state index is -4.24. The molecule has 0 aromatic carbocycles. The van der Waals surface area contributed by atoms with Crippen LogP contribution in [0.4, 0.5) is 0 Å². The summed E-state index contributed by atoms with van der Waals surface area (Å²) in [4.78, 5) is 39.2. The first-order valence-corrected chi connectivity index (χ1v) is 7.14. The normalized spacial score (nSPS) is 11.1. The zero-order valence-electron chi connectivity index (χ0n) is 9.91. The topological polar surface area (TPSA) is 126 Å². The van der Waals surface area contributed by atoms with Crippen molar-refractivity contribution in [2.75, 3.05) is 0 Å². The van der Waals surface area contributed by atoms with Gasteiger partial charge in [0.05, 0.1) is 0 Å². The maximum absolute atomic E-state index is 9.80. The van der Waals surface area contributed by atoms with E-state index in [1.807, 2.05) is 0 Å². The van der Waals surface area contributed by atoms with E-state index >= 15 is 0 Å². The Morgan fingerprint density at radius 1 is 0.688 bits per heavy atom. The van der Waals surface area contributed by atoms with Gasteiger partial charge in [-0.25, -0.2) is 0 Å². The maximum atomic E-state index is 9.80. The standard InChI is InChI=1S/2C3H9O3P.2Zn/c2*1-3(2)7(4,5)6;;/h2*3H,1-2H3,(H2,4,5,6);;/q;;2*+2/p-4. The van der Waals surface area contributed by atoms with Gasteiger partial charge >= 0.3 is 39.0 Å². The third kappa shape index (κ3) is 17.9. The predicted molar refractivity (Wildman–Crippen MR) is 45.5 cm³/mol. The third-order valence-corrected chi connectivity index (χ3v) is 3.79. The minimum absolute atomic E-state index is 0. The van der Waals surface area contributed by atoms with E-state index in [1.54, 1.807) is 0 Å². The molecule has 0 heterocycles. The quantitative estimate of drug-likeness (QED) is 0.432. The predicted octanol–water partition coefficient (Wildman–Crippen LogP) is -1.39. The van der Waals surface area contributed by atoms with Crippen LogP contribution in [0, 0.1) is 0 Å². The molecular weight excluding hydrogens is 361 g/mol. The molecule has 16 heavy (non-hydrogen) atoms. The first-order chi connectivity index (χ1) is 5.89. The van der Waals surface area contributed by atoms with Crippen LogP contribution in [0.2, 0.25) is 0 Å². The first-order valence-electron chi connectivity index (χ1n) is 3.92. The van der Waals surface area contributed by atoms with E-state index in [-0.39, 0.29) is 39.0 Å². The van der Waals surface area contributed by atoms with Crippen LogP contribution in [0.5, 0.6) is 0 Å². The van der Waals surface area contributed by atoms with E-state index in [2.05, 4.69) is 0 Å². The van der Waals surface area contributed by atoms with E-state index in [4.69, 9.17) is 0 Å². The van der Waals surface area contributed by atoms with E-state index in [0.717, 1.165) is 0 Å². The summed E-state index contributed by atoms with van der Waals surface area (Å²) in [5.41, 5.74) is -1.51. The summed E-state index contributed by atoms with van der Waals surface area (Å²) in [6.07, 6.45) is 0. The van der Waals surface area contributed by atoms with Gasteiger partial charge in [0, 0.05) is 0 Å². The second-order valence-corrected chi connectivity index (χ2v) is 7.49. The molecule has 10 heteroatoms. The number of hydrogen-bond acceptors (Lipinski definition) is 6. The van der Waals surface area contributed by atoms with Crippen molar-refractivity contribution >= 4 is 15.2 Å². The van der Waals surface area contributed by atoms with E-state index in [9.17, 15) is 28.7 Å². The van der Waals surface area contributed by atoms with E-state index in [1.165, 1.54) is 27.7 Å². The Morgan fingerprint density at radius 2 is 0.750 bits per heavy atom. The average molecular weight is 375 g/mol. The van der Waals surface area contributed by atoms with Crippen LogP contribution < -0.4 is 19.6 Å². The van der Waals surface area contributed by atoms with Crippen LogP contribution >= 0.6 is 15.2 Å². The monoisotopic (exact) mass is 372 g/mol. The second-order valence-electron chi connectivity index (χ2n) is 3.27. The molecule has 0 bridgehead atoms. The van der Waals surface area contributed by atoms with Gasteiger partial charge in [-0.3, -0.25) is 0 Å². The smallest absolute Gasteiger partial charge is 0.811 e. The fourth-order valence-electron chi connectivity index (χ4n) is 0. The van der Waals surface area contributed by atoms with E-state index < -0.39 is 26.5 Å². The molecule has 0 saturated carbocycles. The van der Waals surface area contributed by atoms with Crippen LogP contribution in [0.25, 0.3) is 0 Å². The Morgan fingerprint density at radius 3 is 0.750 bits per heavy atom. The zero-order chi connectivity index (χ0) is 12.2. The Labute approximate surface area is 121 Å². The molecular formula is C6H14O6P2Zn2. The molecule has 0 amide bonds. The van der Waals surface area contributed by atoms with Gasteiger partial charge in [-0.1, -0.05) is 42.9 Å². The van der Waals surface area contributed by atoms with E-state index in [0.29, 0.717) is 0 Å². The average Bonchev–Trinajstić information content (AvgIpc) is 1.83. The van der Waals surface area contributed by atoms with Crippen molar-refractivity contribution in [3.8, 4) is 0 Å². The molecule has 0 saturated heterocycles. The largest absolute Gasteiger partial charge is 2.00 e. The molecule has 0 unspecified atom stereocenters. The molecule has 0 spiro atoms. The van der Waals surface area contributed by atoms with Crippen molar-refractivity contribution in [3.05, 3.63) is 0 Å². The number of hydrogen-bond donors (Lipinski definition) is 0. The van der Waals surface area contributed by atoms with Crippen molar-refractivity contribution < 1.29 is 67.7 Å². The summed E-state index contributed by atoms with van der Waals surface area (Å²) in [7, 11) is -8.48. The summed E-state index contributed by atoms with van der Waals surface area (Å²) in [5.74, 6) is 0. The SMILES string of the molecule is CC(C)P(=O)([O-])[O-].CC(C)P(=O)([O-])[O-].[Zn+2].[Zn+2]. The molecule has 0 aliphatic heterocycles. The molecule has 0 N–H and O–H groups in total. The molecule has 0 aromatic rings. The maximum Gasteiger partial charge on any atom is 2.00 e. The summed E-state index contributed by atoms with van der Waals surface area (Å²) in [5, 5.41) is 0. The van der Waals surface area contributed by atoms with Crippen molar-refractivity contribution in [2.45, 2.75) is 39.0 Å². The molecule has 0 aromatic heterocycles. The molecule has 0 aliphatic carbocycles. The van der Waals surface area contributed by atoms with Crippen LogP contribution in [0.15, 0.2) is 0 Å². The summed E-state index contributed by atoms with van der Waals surface area (Å²) in [6, 6.07) is 0. The van der Waals surface area contributed by atoms with Gasteiger partial charge in [0.2, 0.25) is 0 Å². The van der Waals surface area contributed by atoms with Gasteiger partial charge in [0.15, 0.2) is 0 Å². The van der Waals surface area contributed by atoms with Gasteiger partial charge < -0.3 is 28.7 Å². The summed E-state index contributed by atoms with van der Waals surface area (Å²) in [6.45, 7) is 5.45. The van der Waals surface area contributed by atoms with Gasteiger partial charge in [-0.05, 0) is 11.3 Å². The zero-order valence-corrected chi connectivity index (χ0v) is 17.6. The van der Waals surface area contributed by atoms with Crippen LogP contribution in [0.3, 0.4) is 0 Å². The summed E-state index contributed by atoms with van der Waals surface area (Å²) < 4.78 is 19.6. The van der Waals surface area contributed by atoms with Gasteiger partial charge in [0.25, 0.3) is 0 Å². The molecule has 0 fully saturated rings. The van der Waals surface area contributed by atoms with Crippen molar-refractivity contribution in [1.82, 2.24) is 0 Å². The van der Waals surface area contributed by atoms with Gasteiger partial charge in [0.1, 0.15) is 0 Å². The molecule has 0 rings (SSSR count). The Balaban J connectivity index is -0.0000000800. The Kier molecular flexibility index (Phi) is 17.1. The molecule has 6 nitrogen and oxygen atoms in total. The fourth-order valence-corrected chi connectivity index (χ4v) is 0. The fraction of sp³-hybridized carbons (Fsp3) is 1.00. The second kappa shape index (κ2) is 10.5. The summed E-state index contributed by atoms with van der Waals surface area (Å²) >= 11 is 0. The first kappa shape index (κ1) is 26.2. The van der Waals surface area contributed by atoms with Crippen molar-refractivity contribution in [2.24, 2.45) is 0 Å². The van der Waals surface area contributed by atoms with Gasteiger partial charge in [-0.2, -0.15) is 0 Å². The van der Waals surface area contributed by atoms with Crippen LogP contribution in [-0.2, 0) is 48.1 Å². The Hall–Kier alpha value is 1.55. The van der Waals surface area contributed by atoms with Crippen LogP contribution in [-0.4, -0.2) is 11.3 Å². The van der Waals surface area contributed by atoms with Crippen LogP contribution in [0.1, 0.15) is 27.7 Å². The Bertz CT molecular complexity index is 219.